The van der Waals surface area contributed by atoms with Crippen molar-refractivity contribution in [2.75, 3.05) is 0 Å². The summed E-state index contributed by atoms with van der Waals surface area (Å²) in [5.41, 5.74) is 1.35. The first-order valence-electron chi connectivity index (χ1n) is 4.65. The van der Waals surface area contributed by atoms with Crippen molar-refractivity contribution in [2.24, 2.45) is 5.92 Å². The van der Waals surface area contributed by atoms with Crippen molar-refractivity contribution in [3.8, 4) is 0 Å². The molecule has 0 rings (SSSR count). The molecule has 0 amide bonds. The number of rotatable bonds is 5. The van der Waals surface area contributed by atoms with Gasteiger partial charge in [0.1, 0.15) is 0 Å². The Bertz CT molecular complexity index is 194. The Kier molecular flexibility index (Phi) is 4.96. The van der Waals surface area contributed by atoms with Gasteiger partial charge in [0.05, 0.1) is 12.2 Å². The molecule has 0 aliphatic carbocycles. The van der Waals surface area contributed by atoms with E-state index in [2.05, 4.69) is 13.2 Å². The zero-order valence-corrected chi connectivity index (χ0v) is 8.75. The standard InChI is InChI=1S/C11H20O2/c1-6-11(13)9(4)7(2)8(3)10(5)12/h9-13H,2-3,6H2,1,4-5H3. The van der Waals surface area contributed by atoms with Crippen LogP contribution in [-0.2, 0) is 0 Å². The fourth-order valence-electron chi connectivity index (χ4n) is 1.15. The molecular weight excluding hydrogens is 164 g/mol. The minimum atomic E-state index is -0.584. The van der Waals surface area contributed by atoms with Crippen molar-refractivity contribution < 1.29 is 10.2 Å². The molecule has 0 bridgehead atoms. The first kappa shape index (κ1) is 12.4. The summed E-state index contributed by atoms with van der Waals surface area (Å²) in [6, 6.07) is 0. The first-order chi connectivity index (χ1) is 5.91. The molecule has 3 unspecified atom stereocenters. The monoisotopic (exact) mass is 184 g/mol. The Labute approximate surface area is 80.6 Å². The van der Waals surface area contributed by atoms with Gasteiger partial charge in [0.2, 0.25) is 0 Å². The molecule has 0 aromatic heterocycles. The maximum Gasteiger partial charge on any atom is 0.0758 e. The normalized spacial score (nSPS) is 17.6. The van der Waals surface area contributed by atoms with E-state index in [-0.39, 0.29) is 5.92 Å². The lowest BCUT2D eigenvalue weighted by Gasteiger charge is -2.22. The molecule has 2 N–H and O–H groups in total. The lowest BCUT2D eigenvalue weighted by atomic mass is 9.88. The maximum absolute atomic E-state index is 9.54. The lowest BCUT2D eigenvalue weighted by molar-refractivity contribution is 0.127. The fraction of sp³-hybridized carbons (Fsp3) is 0.636. The van der Waals surface area contributed by atoms with Gasteiger partial charge in [-0.15, -0.1) is 0 Å². The van der Waals surface area contributed by atoms with E-state index < -0.39 is 12.2 Å². The van der Waals surface area contributed by atoms with Crippen LogP contribution in [0.5, 0.6) is 0 Å². The van der Waals surface area contributed by atoms with E-state index in [1.165, 1.54) is 0 Å². The predicted molar refractivity (Wildman–Crippen MR) is 55.4 cm³/mol. The lowest BCUT2D eigenvalue weighted by Crippen LogP contribution is -2.21. The van der Waals surface area contributed by atoms with Crippen LogP contribution in [-0.4, -0.2) is 22.4 Å². The summed E-state index contributed by atoms with van der Waals surface area (Å²) >= 11 is 0. The van der Waals surface area contributed by atoms with Crippen molar-refractivity contribution in [1.29, 1.82) is 0 Å². The van der Waals surface area contributed by atoms with Gasteiger partial charge in [0.25, 0.3) is 0 Å². The van der Waals surface area contributed by atoms with E-state index in [0.717, 1.165) is 5.57 Å². The topological polar surface area (TPSA) is 40.5 Å². The van der Waals surface area contributed by atoms with Crippen LogP contribution in [0.25, 0.3) is 0 Å². The molecule has 0 heterocycles. The van der Waals surface area contributed by atoms with Crippen molar-refractivity contribution in [3.05, 3.63) is 24.3 Å². The second-order valence-corrected chi connectivity index (χ2v) is 3.49. The highest BCUT2D eigenvalue weighted by Gasteiger charge is 2.18. The molecule has 13 heavy (non-hydrogen) atoms. The zero-order valence-electron chi connectivity index (χ0n) is 8.75. The smallest absolute Gasteiger partial charge is 0.0758 e. The van der Waals surface area contributed by atoms with Crippen molar-refractivity contribution in [3.63, 3.8) is 0 Å². The van der Waals surface area contributed by atoms with Gasteiger partial charge >= 0.3 is 0 Å². The molecule has 0 fully saturated rings. The third kappa shape index (κ3) is 3.33. The van der Waals surface area contributed by atoms with Gasteiger partial charge in [-0.1, -0.05) is 27.0 Å². The van der Waals surface area contributed by atoms with Crippen LogP contribution < -0.4 is 0 Å². The SMILES string of the molecule is C=C(C(=C)C(C)C(O)CC)C(C)O. The van der Waals surface area contributed by atoms with Crippen LogP contribution in [0.4, 0.5) is 0 Å². The summed E-state index contributed by atoms with van der Waals surface area (Å²) < 4.78 is 0. The van der Waals surface area contributed by atoms with Crippen LogP contribution in [0, 0.1) is 5.92 Å². The van der Waals surface area contributed by atoms with Gasteiger partial charge in [0.15, 0.2) is 0 Å². The Morgan fingerprint density at radius 1 is 1.15 bits per heavy atom. The molecule has 2 heteroatoms. The molecule has 0 spiro atoms. The van der Waals surface area contributed by atoms with Crippen molar-refractivity contribution in [2.45, 2.75) is 39.4 Å². The molecule has 0 aliphatic heterocycles. The van der Waals surface area contributed by atoms with E-state index in [0.29, 0.717) is 12.0 Å². The minimum absolute atomic E-state index is 0.0351. The van der Waals surface area contributed by atoms with Crippen molar-refractivity contribution in [1.82, 2.24) is 0 Å². The fourth-order valence-corrected chi connectivity index (χ4v) is 1.15. The van der Waals surface area contributed by atoms with E-state index >= 15 is 0 Å². The molecule has 0 aromatic carbocycles. The van der Waals surface area contributed by atoms with Crippen LogP contribution in [0.3, 0.4) is 0 Å². The average Bonchev–Trinajstić information content (AvgIpc) is 2.12. The molecule has 2 nitrogen and oxygen atoms in total. The summed E-state index contributed by atoms with van der Waals surface area (Å²) in [6.07, 6.45) is -0.296. The molecule has 3 atom stereocenters. The average molecular weight is 184 g/mol. The van der Waals surface area contributed by atoms with Crippen molar-refractivity contribution >= 4 is 0 Å². The third-order valence-corrected chi connectivity index (χ3v) is 2.46. The molecule has 0 saturated carbocycles. The minimum Gasteiger partial charge on any atom is -0.393 e. The van der Waals surface area contributed by atoms with E-state index in [1.54, 1.807) is 6.92 Å². The molecule has 76 valence electrons. The summed E-state index contributed by atoms with van der Waals surface area (Å²) in [4.78, 5) is 0. The summed E-state index contributed by atoms with van der Waals surface area (Å²) in [7, 11) is 0. The molecule has 0 aromatic rings. The Morgan fingerprint density at radius 2 is 1.62 bits per heavy atom. The Balaban J connectivity index is 4.34. The molecule has 0 aliphatic rings. The van der Waals surface area contributed by atoms with Gasteiger partial charge in [0, 0.05) is 5.92 Å². The quantitative estimate of drug-likeness (QED) is 0.640. The Morgan fingerprint density at radius 3 is 1.92 bits per heavy atom. The number of hydrogen-bond acceptors (Lipinski definition) is 2. The second kappa shape index (κ2) is 5.20. The highest BCUT2D eigenvalue weighted by molar-refractivity contribution is 5.30. The summed E-state index contributed by atoms with van der Waals surface area (Å²) in [6.45, 7) is 13.0. The van der Waals surface area contributed by atoms with E-state index in [9.17, 15) is 10.2 Å². The van der Waals surface area contributed by atoms with Gasteiger partial charge in [-0.2, -0.15) is 0 Å². The number of aliphatic hydroxyl groups is 2. The Hall–Kier alpha value is -0.600. The van der Waals surface area contributed by atoms with Gasteiger partial charge < -0.3 is 10.2 Å². The number of hydrogen-bond donors (Lipinski definition) is 2. The van der Waals surface area contributed by atoms with E-state index in [1.807, 2.05) is 13.8 Å². The predicted octanol–water partition coefficient (Wildman–Crippen LogP) is 1.89. The molecular formula is C11H20O2. The molecule has 0 saturated heterocycles. The first-order valence-corrected chi connectivity index (χ1v) is 4.65. The second-order valence-electron chi connectivity index (χ2n) is 3.49. The van der Waals surface area contributed by atoms with Gasteiger partial charge in [-0.05, 0) is 24.5 Å². The van der Waals surface area contributed by atoms with Crippen LogP contribution in [0.2, 0.25) is 0 Å². The summed E-state index contributed by atoms with van der Waals surface area (Å²) in [5, 5.41) is 18.8. The number of aliphatic hydroxyl groups excluding tert-OH is 2. The van der Waals surface area contributed by atoms with Crippen LogP contribution in [0.15, 0.2) is 24.3 Å². The highest BCUT2D eigenvalue weighted by Crippen LogP contribution is 2.23. The zero-order chi connectivity index (χ0) is 10.6. The van der Waals surface area contributed by atoms with E-state index in [4.69, 9.17) is 0 Å². The largest absolute Gasteiger partial charge is 0.393 e. The summed E-state index contributed by atoms with van der Waals surface area (Å²) in [5.74, 6) is -0.0351. The van der Waals surface area contributed by atoms with Crippen LogP contribution >= 0.6 is 0 Å². The maximum atomic E-state index is 9.54. The van der Waals surface area contributed by atoms with Gasteiger partial charge in [-0.3, -0.25) is 0 Å². The van der Waals surface area contributed by atoms with Crippen LogP contribution in [0.1, 0.15) is 27.2 Å². The third-order valence-electron chi connectivity index (χ3n) is 2.46. The molecule has 0 radical (unpaired) electrons. The van der Waals surface area contributed by atoms with Gasteiger partial charge in [-0.25, -0.2) is 0 Å². The highest BCUT2D eigenvalue weighted by atomic mass is 16.3.